The van der Waals surface area contributed by atoms with Crippen LogP contribution in [0, 0.1) is 0 Å². The monoisotopic (exact) mass is 329 g/mol. The minimum Gasteiger partial charge on any atom is -0.346 e. The fourth-order valence-electron chi connectivity index (χ4n) is 0.793. The molecule has 2 rings (SSSR count). The van der Waals surface area contributed by atoms with E-state index in [4.69, 9.17) is 0 Å². The first-order valence-electron chi connectivity index (χ1n) is 2.70. The van der Waals surface area contributed by atoms with Crippen LogP contribution in [0.4, 0.5) is 0 Å². The number of hydrogen-bond donors (Lipinski definition) is 1. The second-order valence-corrected chi connectivity index (χ2v) is 1.80. The van der Waals surface area contributed by atoms with E-state index < -0.39 is 0 Å². The summed E-state index contributed by atoms with van der Waals surface area (Å²) in [7, 11) is 0. The van der Waals surface area contributed by atoms with E-state index in [9.17, 15) is 0 Å². The van der Waals surface area contributed by atoms with Crippen LogP contribution in [0.3, 0.4) is 0 Å². The Bertz CT molecular complexity index is 287. The van der Waals surface area contributed by atoms with Gasteiger partial charge in [0.25, 0.3) is 0 Å². The fraction of sp³-hybridized carbons (Fsp3) is 0. The SMILES string of the molecule is [PbH2].c1ncc2cc[nH]c2n1. The predicted octanol–water partition coefficient (Wildman–Crippen LogP) is 0.0417. The molecule has 2 radical (unpaired) electrons. The maximum absolute atomic E-state index is 3.97. The smallest absolute Gasteiger partial charge is 0.140 e. The zero-order valence-electron chi connectivity index (χ0n) is 5.41. The van der Waals surface area contributed by atoms with Crippen molar-refractivity contribution in [2.75, 3.05) is 0 Å². The van der Waals surface area contributed by atoms with Crippen LogP contribution in [0.25, 0.3) is 11.0 Å². The molecule has 0 fully saturated rings. The summed E-state index contributed by atoms with van der Waals surface area (Å²) in [4.78, 5) is 10.8. The van der Waals surface area contributed by atoms with Crippen LogP contribution in [-0.2, 0) is 0 Å². The van der Waals surface area contributed by atoms with Crippen molar-refractivity contribution in [1.29, 1.82) is 0 Å². The van der Waals surface area contributed by atoms with E-state index in [1.165, 1.54) is 6.33 Å². The van der Waals surface area contributed by atoms with Gasteiger partial charge < -0.3 is 4.98 Å². The summed E-state index contributed by atoms with van der Waals surface area (Å²) in [5.74, 6) is 0. The molecule has 1 N–H and O–H groups in total. The maximum Gasteiger partial charge on any atom is 0.140 e. The Morgan fingerprint density at radius 1 is 1.40 bits per heavy atom. The van der Waals surface area contributed by atoms with Crippen LogP contribution in [-0.4, -0.2) is 42.3 Å². The van der Waals surface area contributed by atoms with Crippen LogP contribution >= 0.6 is 0 Å². The molecule has 0 saturated heterocycles. The molecule has 0 aliphatic carbocycles. The molecule has 10 heavy (non-hydrogen) atoms. The topological polar surface area (TPSA) is 41.6 Å². The van der Waals surface area contributed by atoms with E-state index in [1.54, 1.807) is 6.20 Å². The summed E-state index contributed by atoms with van der Waals surface area (Å²) in [6, 6.07) is 1.94. The van der Waals surface area contributed by atoms with Gasteiger partial charge in [0, 0.05) is 17.8 Å². The van der Waals surface area contributed by atoms with Crippen molar-refractivity contribution in [2.45, 2.75) is 0 Å². The van der Waals surface area contributed by atoms with E-state index in [0.717, 1.165) is 11.0 Å². The number of nitrogens with zero attached hydrogens (tertiary/aromatic N) is 2. The molecular weight excluding hydrogens is 321 g/mol. The van der Waals surface area contributed by atoms with Crippen LogP contribution < -0.4 is 0 Å². The molecule has 0 aliphatic heterocycles. The molecule has 0 atom stereocenters. The van der Waals surface area contributed by atoms with Gasteiger partial charge in [-0.2, -0.15) is 0 Å². The van der Waals surface area contributed by atoms with Crippen LogP contribution in [0.5, 0.6) is 0 Å². The number of aromatic amines is 1. The Balaban J connectivity index is 0.000000500. The number of fused-ring (bicyclic) bond motifs is 1. The third-order valence-corrected chi connectivity index (χ3v) is 1.22. The Hall–Kier alpha value is -0.458. The molecule has 0 aromatic carbocycles. The summed E-state index contributed by atoms with van der Waals surface area (Å²) >= 11 is 0. The van der Waals surface area contributed by atoms with Gasteiger partial charge in [0.2, 0.25) is 0 Å². The molecule has 0 aliphatic rings. The van der Waals surface area contributed by atoms with E-state index >= 15 is 0 Å². The van der Waals surface area contributed by atoms with Gasteiger partial charge in [0.05, 0.1) is 0 Å². The van der Waals surface area contributed by atoms with Gasteiger partial charge in [-0.05, 0) is 6.07 Å². The van der Waals surface area contributed by atoms with Crippen molar-refractivity contribution in [1.82, 2.24) is 15.0 Å². The van der Waals surface area contributed by atoms with Crippen molar-refractivity contribution < 1.29 is 0 Å². The van der Waals surface area contributed by atoms with Crippen molar-refractivity contribution in [3.8, 4) is 0 Å². The average Bonchev–Trinajstić information content (AvgIpc) is 2.33. The Morgan fingerprint density at radius 2 is 2.30 bits per heavy atom. The standard InChI is InChI=1S/C6H5N3.Pb.2H/c1-2-8-6-5(1)3-7-4-9-6;;;/h1-4H,(H,7,8,9);;;. The number of H-pyrrole nitrogens is 1. The summed E-state index contributed by atoms with van der Waals surface area (Å²) < 4.78 is 0. The first-order valence-corrected chi connectivity index (χ1v) is 2.70. The Morgan fingerprint density at radius 3 is 3.10 bits per heavy atom. The van der Waals surface area contributed by atoms with Crippen LogP contribution in [0.1, 0.15) is 0 Å². The van der Waals surface area contributed by atoms with Gasteiger partial charge in [0.15, 0.2) is 0 Å². The molecule has 0 spiro atoms. The molecule has 0 saturated carbocycles. The first-order chi connectivity index (χ1) is 4.47. The maximum atomic E-state index is 3.97. The molecule has 2 aromatic heterocycles. The normalized spacial score (nSPS) is 9.20. The number of hydrogen-bond acceptors (Lipinski definition) is 2. The molecule has 4 heteroatoms. The summed E-state index contributed by atoms with van der Waals surface area (Å²) in [6.45, 7) is 0. The van der Waals surface area contributed by atoms with Crippen LogP contribution in [0.2, 0.25) is 0 Å². The van der Waals surface area contributed by atoms with Gasteiger partial charge in [-0.25, -0.2) is 9.97 Å². The van der Waals surface area contributed by atoms with Crippen molar-refractivity contribution in [3.05, 3.63) is 24.8 Å². The molecule has 2 aromatic rings. The Kier molecular flexibility index (Phi) is 2.36. The van der Waals surface area contributed by atoms with Gasteiger partial charge >= 0.3 is 27.3 Å². The molecule has 0 amide bonds. The van der Waals surface area contributed by atoms with Gasteiger partial charge in [-0.3, -0.25) is 0 Å². The van der Waals surface area contributed by atoms with Gasteiger partial charge in [0.1, 0.15) is 12.0 Å². The number of rotatable bonds is 0. The van der Waals surface area contributed by atoms with Crippen molar-refractivity contribution >= 4 is 38.3 Å². The minimum absolute atomic E-state index is 0. The first kappa shape index (κ1) is 7.65. The zero-order valence-corrected chi connectivity index (χ0v) is 10.9. The average molecular weight is 328 g/mol. The van der Waals surface area contributed by atoms with Crippen LogP contribution in [0.15, 0.2) is 24.8 Å². The second kappa shape index (κ2) is 3.09. The van der Waals surface area contributed by atoms with E-state index in [-0.39, 0.29) is 27.3 Å². The third kappa shape index (κ3) is 1.18. The molecule has 0 unspecified atom stereocenters. The van der Waals surface area contributed by atoms with E-state index in [1.807, 2.05) is 12.3 Å². The molecular formula is C6H7N3Pb. The zero-order chi connectivity index (χ0) is 6.10. The molecule has 2 heterocycles. The quantitative estimate of drug-likeness (QED) is 0.694. The Labute approximate surface area is 78.0 Å². The predicted molar refractivity (Wildman–Crippen MR) is 42.4 cm³/mol. The summed E-state index contributed by atoms with van der Waals surface area (Å²) in [6.07, 6.45) is 5.15. The van der Waals surface area contributed by atoms with Crippen molar-refractivity contribution in [3.63, 3.8) is 0 Å². The van der Waals surface area contributed by atoms with Gasteiger partial charge in [-0.15, -0.1) is 0 Å². The summed E-state index contributed by atoms with van der Waals surface area (Å²) in [5, 5.41) is 1.05. The second-order valence-electron chi connectivity index (χ2n) is 1.80. The minimum atomic E-state index is 0. The number of aromatic nitrogens is 3. The molecule has 3 nitrogen and oxygen atoms in total. The summed E-state index contributed by atoms with van der Waals surface area (Å²) in [5.41, 5.74) is 0.894. The number of nitrogens with one attached hydrogen (secondary N) is 1. The van der Waals surface area contributed by atoms with E-state index in [0.29, 0.717) is 0 Å². The largest absolute Gasteiger partial charge is 0.346 e. The van der Waals surface area contributed by atoms with Crippen molar-refractivity contribution in [2.24, 2.45) is 0 Å². The van der Waals surface area contributed by atoms with E-state index in [2.05, 4.69) is 15.0 Å². The van der Waals surface area contributed by atoms with Gasteiger partial charge in [-0.1, -0.05) is 0 Å². The third-order valence-electron chi connectivity index (χ3n) is 1.22. The molecule has 50 valence electrons. The molecule has 0 bridgehead atoms. The fourth-order valence-corrected chi connectivity index (χ4v) is 0.793.